The average Bonchev–Trinajstić information content (AvgIpc) is 3.29. The van der Waals surface area contributed by atoms with Crippen LogP contribution in [0.4, 0.5) is 8.78 Å². The van der Waals surface area contributed by atoms with Gasteiger partial charge in [-0.25, -0.2) is 4.39 Å². The van der Waals surface area contributed by atoms with E-state index < -0.39 is 40.3 Å². The van der Waals surface area contributed by atoms with Crippen molar-refractivity contribution < 1.29 is 28.2 Å². The molecule has 1 aliphatic carbocycles. The second-order valence-corrected chi connectivity index (χ2v) is 10.8. The Balaban J connectivity index is 1.65. The fourth-order valence-electron chi connectivity index (χ4n) is 5.47. The molecule has 3 aliphatic rings. The molecule has 0 radical (unpaired) electrons. The molecular weight excluding hydrogens is 540 g/mol. The van der Waals surface area contributed by atoms with Crippen molar-refractivity contribution in [3.8, 4) is 11.5 Å². The predicted octanol–water partition coefficient (Wildman–Crippen LogP) is 4.18. The van der Waals surface area contributed by atoms with Gasteiger partial charge in [-0.1, -0.05) is 17.7 Å². The van der Waals surface area contributed by atoms with E-state index in [1.165, 1.54) is 28.3 Å². The summed E-state index contributed by atoms with van der Waals surface area (Å²) < 4.78 is 42.3. The molecule has 2 aliphatic heterocycles. The first-order chi connectivity index (χ1) is 18.3. The van der Waals surface area contributed by atoms with E-state index in [9.17, 15) is 19.1 Å². The SMILES string of the molecule is COC1CC2(/C=C/COc3c(ccc(F)c3F)C(c3sccc3Cl)N3CN2C(=O)c2c(O)c(=O)ccn23)C1. The van der Waals surface area contributed by atoms with Gasteiger partial charge in [-0.2, -0.15) is 4.39 Å². The van der Waals surface area contributed by atoms with Crippen LogP contribution in [0.25, 0.3) is 0 Å². The molecule has 1 amide bonds. The summed E-state index contributed by atoms with van der Waals surface area (Å²) in [6, 6.07) is 4.37. The van der Waals surface area contributed by atoms with Crippen molar-refractivity contribution in [3.63, 3.8) is 0 Å². The minimum absolute atomic E-state index is 0.0216. The molecule has 6 rings (SSSR count). The Labute approximate surface area is 224 Å². The molecule has 1 unspecified atom stereocenters. The molecule has 1 N–H and O–H groups in total. The average molecular weight is 562 g/mol. The Kier molecular flexibility index (Phi) is 5.97. The molecule has 1 aromatic carbocycles. The quantitative estimate of drug-likeness (QED) is 0.473. The number of fused-ring (bicyclic) bond motifs is 6. The zero-order valence-corrected chi connectivity index (χ0v) is 21.6. The van der Waals surface area contributed by atoms with Crippen LogP contribution in [0.3, 0.4) is 0 Å². The number of hydrogen-bond donors (Lipinski definition) is 1. The van der Waals surface area contributed by atoms with Gasteiger partial charge in [-0.05, 0) is 29.7 Å². The fraction of sp³-hybridized carbons (Fsp3) is 0.308. The Hall–Kier alpha value is -3.41. The van der Waals surface area contributed by atoms with Gasteiger partial charge in [0.1, 0.15) is 19.3 Å². The van der Waals surface area contributed by atoms with Gasteiger partial charge in [0.15, 0.2) is 23.0 Å². The molecule has 38 heavy (non-hydrogen) atoms. The van der Waals surface area contributed by atoms with Gasteiger partial charge >= 0.3 is 0 Å². The van der Waals surface area contributed by atoms with Crippen LogP contribution in [0.15, 0.2) is 52.8 Å². The third kappa shape index (κ3) is 3.63. The second kappa shape index (κ2) is 9.11. The van der Waals surface area contributed by atoms with Gasteiger partial charge in [-0.3, -0.25) is 19.3 Å². The highest BCUT2D eigenvalue weighted by Gasteiger charge is 2.53. The summed E-state index contributed by atoms with van der Waals surface area (Å²) in [4.78, 5) is 28.5. The molecule has 12 heteroatoms. The minimum atomic E-state index is -1.15. The van der Waals surface area contributed by atoms with E-state index >= 15 is 4.39 Å². The number of amides is 1. The second-order valence-electron chi connectivity index (χ2n) is 9.43. The zero-order valence-electron chi connectivity index (χ0n) is 20.1. The van der Waals surface area contributed by atoms with Crippen molar-refractivity contribution in [1.82, 2.24) is 9.58 Å². The standard InChI is InChI=1S/C26H22ClF2N3O5S/c1-36-14-11-26(12-14)7-2-9-37-23-15(3-4-17(28)19(23)29)20(24-16(27)6-10-38-24)32-13-30(26)25(35)21-22(34)18(33)5-8-31(21)32/h2-8,10,14,20,34H,9,11-13H2,1H3/b7-2+. The highest BCUT2D eigenvalue weighted by molar-refractivity contribution is 7.10. The number of aromatic hydroxyl groups is 1. The van der Waals surface area contributed by atoms with Crippen molar-refractivity contribution in [3.05, 3.63) is 91.0 Å². The molecule has 0 saturated heterocycles. The number of pyridine rings is 1. The van der Waals surface area contributed by atoms with E-state index in [2.05, 4.69) is 0 Å². The zero-order chi connectivity index (χ0) is 26.8. The fourth-order valence-corrected chi connectivity index (χ4v) is 6.76. The van der Waals surface area contributed by atoms with E-state index in [-0.39, 0.29) is 36.4 Å². The predicted molar refractivity (Wildman–Crippen MR) is 137 cm³/mol. The third-order valence-corrected chi connectivity index (χ3v) is 8.83. The van der Waals surface area contributed by atoms with Crippen LogP contribution in [0.1, 0.15) is 39.8 Å². The van der Waals surface area contributed by atoms with Gasteiger partial charge in [0, 0.05) is 37.8 Å². The van der Waals surface area contributed by atoms with E-state index in [4.69, 9.17) is 21.1 Å². The normalized spacial score (nSPS) is 25.2. The number of hydrogen-bond acceptors (Lipinski definition) is 7. The monoisotopic (exact) mass is 561 g/mol. The van der Waals surface area contributed by atoms with Crippen molar-refractivity contribution >= 4 is 28.8 Å². The Bertz CT molecular complexity index is 1530. The molecule has 1 fully saturated rings. The molecule has 2 bridgehead atoms. The lowest BCUT2D eigenvalue weighted by atomic mass is 9.72. The highest BCUT2D eigenvalue weighted by Crippen LogP contribution is 2.47. The van der Waals surface area contributed by atoms with Crippen LogP contribution < -0.4 is 15.2 Å². The van der Waals surface area contributed by atoms with Gasteiger partial charge < -0.3 is 19.5 Å². The van der Waals surface area contributed by atoms with Crippen molar-refractivity contribution in [2.24, 2.45) is 0 Å². The molecular formula is C26H22ClF2N3O5S. The lowest BCUT2D eigenvalue weighted by molar-refractivity contribution is -0.0602. The molecule has 198 valence electrons. The number of ether oxygens (including phenoxy) is 2. The molecule has 1 spiro atoms. The maximum absolute atomic E-state index is 15.2. The van der Waals surface area contributed by atoms with Gasteiger partial charge in [0.2, 0.25) is 11.2 Å². The van der Waals surface area contributed by atoms with E-state index in [1.807, 2.05) is 0 Å². The molecule has 8 nitrogen and oxygen atoms in total. The summed E-state index contributed by atoms with van der Waals surface area (Å²) in [7, 11) is 1.59. The van der Waals surface area contributed by atoms with Gasteiger partial charge in [-0.15, -0.1) is 11.3 Å². The number of thiophene rings is 1. The van der Waals surface area contributed by atoms with Crippen LogP contribution >= 0.6 is 22.9 Å². The van der Waals surface area contributed by atoms with E-state index in [0.29, 0.717) is 22.7 Å². The number of carbonyl (C=O) groups is 1. The van der Waals surface area contributed by atoms with Crippen molar-refractivity contribution in [1.29, 1.82) is 0 Å². The van der Waals surface area contributed by atoms with Gasteiger partial charge in [0.25, 0.3) is 5.91 Å². The Morgan fingerprint density at radius 1 is 1.21 bits per heavy atom. The maximum atomic E-state index is 15.2. The summed E-state index contributed by atoms with van der Waals surface area (Å²) in [5.41, 5.74) is -1.52. The minimum Gasteiger partial charge on any atom is -0.502 e. The number of carbonyl (C=O) groups excluding carboxylic acids is 1. The van der Waals surface area contributed by atoms with E-state index in [0.717, 1.165) is 12.1 Å². The number of benzene rings is 1. The topological polar surface area (TPSA) is 84.2 Å². The summed E-state index contributed by atoms with van der Waals surface area (Å²) in [5.74, 6) is -3.77. The lowest BCUT2D eigenvalue weighted by Crippen LogP contribution is -2.67. The molecule has 1 saturated carbocycles. The molecule has 2 aromatic heterocycles. The number of methoxy groups -OCH3 is 1. The number of rotatable bonds is 2. The van der Waals surface area contributed by atoms with Crippen molar-refractivity contribution in [2.45, 2.75) is 30.5 Å². The summed E-state index contributed by atoms with van der Waals surface area (Å²) in [6.45, 7) is -0.109. The molecule has 3 aromatic rings. The van der Waals surface area contributed by atoms with Crippen LogP contribution in [0.5, 0.6) is 11.5 Å². The van der Waals surface area contributed by atoms with Crippen LogP contribution in [0.2, 0.25) is 5.02 Å². The van der Waals surface area contributed by atoms with E-state index in [1.54, 1.807) is 40.6 Å². The van der Waals surface area contributed by atoms with Crippen LogP contribution in [-0.2, 0) is 4.74 Å². The largest absolute Gasteiger partial charge is 0.502 e. The van der Waals surface area contributed by atoms with Crippen molar-refractivity contribution in [2.75, 3.05) is 25.4 Å². The first kappa shape index (κ1) is 24.9. The van der Waals surface area contributed by atoms with Crippen LogP contribution in [-0.4, -0.2) is 52.6 Å². The first-order valence-electron chi connectivity index (χ1n) is 11.8. The first-order valence-corrected chi connectivity index (χ1v) is 13.1. The van der Waals surface area contributed by atoms with Gasteiger partial charge in [0.05, 0.1) is 21.5 Å². The summed E-state index contributed by atoms with van der Waals surface area (Å²) in [5, 5.41) is 14.6. The third-order valence-electron chi connectivity index (χ3n) is 7.42. The number of halogens is 3. The Morgan fingerprint density at radius 3 is 2.71 bits per heavy atom. The Morgan fingerprint density at radius 2 is 2.00 bits per heavy atom. The highest BCUT2D eigenvalue weighted by atomic mass is 35.5. The smallest absolute Gasteiger partial charge is 0.278 e. The molecule has 1 atom stereocenters. The molecule has 4 heterocycles. The summed E-state index contributed by atoms with van der Waals surface area (Å²) in [6.07, 6.45) is 5.62. The number of aromatic nitrogens is 1. The number of nitrogens with zero attached hydrogens (tertiary/aromatic N) is 3. The lowest BCUT2D eigenvalue weighted by Gasteiger charge is -2.55. The summed E-state index contributed by atoms with van der Waals surface area (Å²) >= 11 is 7.88. The maximum Gasteiger partial charge on any atom is 0.278 e. The van der Waals surface area contributed by atoms with Crippen LogP contribution in [0, 0.1) is 11.6 Å².